The summed E-state index contributed by atoms with van der Waals surface area (Å²) in [7, 11) is 0. The van der Waals surface area contributed by atoms with Crippen molar-refractivity contribution in [3.05, 3.63) is 48.5 Å². The maximum Gasteiger partial charge on any atom is 0.248 e. The van der Waals surface area contributed by atoms with E-state index in [4.69, 9.17) is 4.74 Å². The second-order valence-electron chi connectivity index (χ2n) is 12.1. The highest BCUT2D eigenvalue weighted by atomic mass is 79.9. The summed E-state index contributed by atoms with van der Waals surface area (Å²) in [5.41, 5.74) is 2.32. The Morgan fingerprint density at radius 3 is 2.18 bits per heavy atom. The van der Waals surface area contributed by atoms with Gasteiger partial charge >= 0.3 is 0 Å². The first-order chi connectivity index (χ1) is 21.1. The summed E-state index contributed by atoms with van der Waals surface area (Å²) >= 11 is 5.40. The zero-order valence-corrected chi connectivity index (χ0v) is 28.4. The van der Waals surface area contributed by atoms with Crippen LogP contribution >= 0.6 is 27.7 Å². The number of carbonyl (C=O) groups excluding carboxylic acids is 3. The van der Waals surface area contributed by atoms with Crippen molar-refractivity contribution in [3.63, 3.8) is 0 Å². The van der Waals surface area contributed by atoms with Crippen LogP contribution in [0.3, 0.4) is 0 Å². The highest BCUT2D eigenvalue weighted by molar-refractivity contribution is 9.09. The van der Waals surface area contributed by atoms with Crippen molar-refractivity contribution < 1.29 is 24.2 Å². The van der Waals surface area contributed by atoms with Gasteiger partial charge in [0.25, 0.3) is 0 Å². The van der Waals surface area contributed by atoms with Crippen molar-refractivity contribution >= 4 is 62.5 Å². The van der Waals surface area contributed by atoms with Gasteiger partial charge in [0.2, 0.25) is 17.7 Å². The van der Waals surface area contributed by atoms with Crippen LogP contribution in [0.2, 0.25) is 0 Å². The predicted molar refractivity (Wildman–Crippen MR) is 180 cm³/mol. The number of nitrogens with zero attached hydrogens (tertiary/aromatic N) is 2. The molecule has 3 fully saturated rings. The van der Waals surface area contributed by atoms with Crippen LogP contribution in [-0.2, 0) is 14.4 Å². The number of fused-ring (bicyclic) bond motifs is 1. The average molecular weight is 688 g/mol. The van der Waals surface area contributed by atoms with Crippen molar-refractivity contribution in [2.75, 3.05) is 41.8 Å². The van der Waals surface area contributed by atoms with Crippen molar-refractivity contribution in [3.8, 4) is 5.75 Å². The highest BCUT2D eigenvalue weighted by Crippen LogP contribution is 2.68. The number of benzene rings is 2. The van der Waals surface area contributed by atoms with Crippen LogP contribution in [-0.4, -0.2) is 80.9 Å². The van der Waals surface area contributed by atoms with Crippen molar-refractivity contribution in [2.24, 2.45) is 17.8 Å². The smallest absolute Gasteiger partial charge is 0.248 e. The van der Waals surface area contributed by atoms with E-state index in [9.17, 15) is 19.5 Å². The van der Waals surface area contributed by atoms with Gasteiger partial charge in [0.05, 0.1) is 35.8 Å². The van der Waals surface area contributed by atoms with E-state index in [1.54, 1.807) is 40.9 Å². The summed E-state index contributed by atoms with van der Waals surface area (Å²) in [5, 5.41) is 16.4. The van der Waals surface area contributed by atoms with E-state index in [2.05, 4.69) is 45.3 Å². The molecule has 3 saturated heterocycles. The number of amides is 3. The summed E-state index contributed by atoms with van der Waals surface area (Å²) < 4.78 is 4.71. The molecule has 3 N–H and O–H groups in total. The van der Waals surface area contributed by atoms with Crippen LogP contribution in [0.4, 0.5) is 17.1 Å². The number of ether oxygens (including phenoxy) is 1. The Labute approximate surface area is 272 Å². The van der Waals surface area contributed by atoms with Gasteiger partial charge in [-0.15, -0.1) is 11.8 Å². The third-order valence-electron chi connectivity index (χ3n) is 9.29. The molecule has 9 nitrogen and oxygen atoms in total. The lowest BCUT2D eigenvalue weighted by Gasteiger charge is -2.38. The minimum absolute atomic E-state index is 0.0529. The monoisotopic (exact) mass is 686 g/mol. The number of nitrogens with one attached hydrogen (secondary N) is 2. The van der Waals surface area contributed by atoms with Gasteiger partial charge in [-0.1, -0.05) is 29.8 Å². The first-order valence-corrected chi connectivity index (χ1v) is 17.3. The fourth-order valence-corrected chi connectivity index (χ4v) is 10.8. The predicted octanol–water partition coefficient (Wildman–Crippen LogP) is 4.99. The fourth-order valence-electron chi connectivity index (χ4n) is 7.23. The van der Waals surface area contributed by atoms with E-state index in [0.29, 0.717) is 30.2 Å². The summed E-state index contributed by atoms with van der Waals surface area (Å²) in [5.74, 6) is -1.50. The Morgan fingerprint density at radius 1 is 1.05 bits per heavy atom. The molecular formula is C33H43BrN4O5S. The van der Waals surface area contributed by atoms with Crippen LogP contribution in [0.1, 0.15) is 41.0 Å². The molecule has 2 aromatic rings. The number of carbonyl (C=O) groups is 3. The van der Waals surface area contributed by atoms with Gasteiger partial charge < -0.3 is 30.3 Å². The van der Waals surface area contributed by atoms with Crippen LogP contribution in [0.5, 0.6) is 5.75 Å². The summed E-state index contributed by atoms with van der Waals surface area (Å²) in [6, 6.07) is 13.5. The number of likely N-dealkylation sites (tertiary alicyclic amines) is 1. The lowest BCUT2D eigenvalue weighted by molar-refractivity contribution is -0.142. The van der Waals surface area contributed by atoms with Gasteiger partial charge in [0.15, 0.2) is 0 Å². The Morgan fingerprint density at radius 2 is 1.64 bits per heavy atom. The minimum atomic E-state index is -0.847. The van der Waals surface area contributed by atoms with Crippen molar-refractivity contribution in [1.82, 2.24) is 4.90 Å². The number of rotatable bonds is 12. The van der Waals surface area contributed by atoms with Gasteiger partial charge in [0, 0.05) is 40.2 Å². The molecule has 0 radical (unpaired) electrons. The van der Waals surface area contributed by atoms with Crippen LogP contribution < -0.4 is 20.3 Å². The summed E-state index contributed by atoms with van der Waals surface area (Å²) in [4.78, 5) is 46.4. The molecule has 7 atom stereocenters. The lowest BCUT2D eigenvalue weighted by Crippen LogP contribution is -2.56. The molecule has 238 valence electrons. The van der Waals surface area contributed by atoms with E-state index < -0.39 is 28.7 Å². The Kier molecular flexibility index (Phi) is 9.87. The molecule has 3 aliphatic heterocycles. The third kappa shape index (κ3) is 5.71. The van der Waals surface area contributed by atoms with E-state index in [0.717, 1.165) is 18.8 Å². The van der Waals surface area contributed by atoms with E-state index >= 15 is 0 Å². The van der Waals surface area contributed by atoms with Crippen LogP contribution in [0.15, 0.2) is 48.5 Å². The quantitative estimate of drug-likeness (QED) is 0.270. The number of hydrogen-bond acceptors (Lipinski definition) is 7. The molecular weight excluding hydrogens is 644 g/mol. The van der Waals surface area contributed by atoms with Gasteiger partial charge in [-0.05, 0) is 81.6 Å². The third-order valence-corrected chi connectivity index (χ3v) is 12.5. The molecule has 0 aliphatic carbocycles. The maximum absolute atomic E-state index is 14.4. The number of halogens is 1. The molecule has 1 spiro atoms. The maximum atomic E-state index is 14.4. The largest absolute Gasteiger partial charge is 0.494 e. The molecule has 0 saturated carbocycles. The second kappa shape index (κ2) is 13.3. The standard InChI is InChI=1S/C33H43BrN4O5S/c1-6-37(7-2)22-13-9-20(10-14-22)36-31(41)29-33-17-24(34)28(44-33)26(27(33)32(42)38(29)25(18-39)19(4)5)30(40)35-21-11-15-23(16-12-21)43-8-3/h9-16,19,24-29,39H,6-8,17-18H2,1-5H3,(H,35,40)(H,36,41)/t24?,25-,26+,27-,28+,29?,33?/m0/s1. The number of alkyl halides is 1. The number of aliphatic hydroxyl groups excluding tert-OH is 1. The Balaban J connectivity index is 1.46. The molecule has 5 rings (SSSR count). The zero-order chi connectivity index (χ0) is 31.8. The fraction of sp³-hybridized carbons (Fsp3) is 0.545. The average Bonchev–Trinajstić information content (AvgIpc) is 3.59. The first kappa shape index (κ1) is 32.6. The molecule has 3 aliphatic rings. The summed E-state index contributed by atoms with van der Waals surface area (Å²) in [6.07, 6.45) is 0.567. The van der Waals surface area contributed by atoms with Crippen molar-refractivity contribution in [2.45, 2.75) is 67.9 Å². The number of thioether (sulfide) groups is 1. The Hall–Kier alpha value is -2.76. The van der Waals surface area contributed by atoms with Crippen molar-refractivity contribution in [1.29, 1.82) is 0 Å². The van der Waals surface area contributed by atoms with E-state index in [1.165, 1.54) is 0 Å². The Bertz CT molecular complexity index is 1350. The lowest BCUT2D eigenvalue weighted by atomic mass is 9.70. The van der Waals surface area contributed by atoms with Gasteiger partial charge in [-0.3, -0.25) is 14.4 Å². The van der Waals surface area contributed by atoms with Gasteiger partial charge in [-0.2, -0.15) is 0 Å². The SMILES string of the molecule is CCOc1ccc(NC(=O)[C@H]2[C@@H]3SC4(CC3Br)C(C(=O)Nc3ccc(N(CC)CC)cc3)N([C@@H](CO)C(C)C)C(=O)[C@H]24)cc1. The highest BCUT2D eigenvalue weighted by Gasteiger charge is 2.76. The van der Waals surface area contributed by atoms with E-state index in [1.807, 2.05) is 45.0 Å². The normalized spacial score (nSPS) is 27.8. The molecule has 2 aromatic carbocycles. The molecule has 3 unspecified atom stereocenters. The van der Waals surface area contributed by atoms with E-state index in [-0.39, 0.29) is 40.3 Å². The molecule has 2 bridgehead atoms. The van der Waals surface area contributed by atoms with Gasteiger partial charge in [-0.25, -0.2) is 0 Å². The number of hydrogen-bond donors (Lipinski definition) is 3. The number of aliphatic hydroxyl groups is 1. The molecule has 3 heterocycles. The number of anilines is 3. The zero-order valence-electron chi connectivity index (χ0n) is 26.0. The molecule has 3 amide bonds. The topological polar surface area (TPSA) is 111 Å². The molecule has 0 aromatic heterocycles. The second-order valence-corrected chi connectivity index (χ2v) is 14.8. The van der Waals surface area contributed by atoms with Crippen LogP contribution in [0, 0.1) is 17.8 Å². The molecule has 11 heteroatoms. The molecule has 44 heavy (non-hydrogen) atoms. The first-order valence-electron chi connectivity index (χ1n) is 15.5. The van der Waals surface area contributed by atoms with Gasteiger partial charge in [0.1, 0.15) is 11.8 Å². The summed E-state index contributed by atoms with van der Waals surface area (Å²) in [6.45, 7) is 12.0. The van der Waals surface area contributed by atoms with Crippen LogP contribution in [0.25, 0.3) is 0 Å². The minimum Gasteiger partial charge on any atom is -0.494 e.